The van der Waals surface area contributed by atoms with E-state index in [1.54, 1.807) is 47.4 Å². The zero-order valence-corrected chi connectivity index (χ0v) is 17.3. The highest BCUT2D eigenvalue weighted by atomic mass is 16.5. The van der Waals surface area contributed by atoms with E-state index in [1.165, 1.54) is 6.33 Å². The Kier molecular flexibility index (Phi) is 6.95. The number of anilines is 1. The number of aromatic nitrogens is 3. The van der Waals surface area contributed by atoms with Crippen LogP contribution < -0.4 is 19.5 Å². The Labute approximate surface area is 185 Å². The van der Waals surface area contributed by atoms with Gasteiger partial charge in [-0.25, -0.2) is 9.67 Å². The van der Waals surface area contributed by atoms with E-state index in [-0.39, 0.29) is 12.5 Å². The molecule has 0 aliphatic rings. The largest absolute Gasteiger partial charge is 0.492 e. The Hall–Kier alpha value is -4.33. The third-order valence-electron chi connectivity index (χ3n) is 4.35. The van der Waals surface area contributed by atoms with E-state index in [0.29, 0.717) is 36.1 Å². The number of amides is 1. The van der Waals surface area contributed by atoms with E-state index in [0.717, 1.165) is 5.75 Å². The van der Waals surface area contributed by atoms with Crippen LogP contribution in [0, 0.1) is 0 Å². The molecule has 0 radical (unpaired) electrons. The van der Waals surface area contributed by atoms with Gasteiger partial charge in [0.05, 0.1) is 6.54 Å². The van der Waals surface area contributed by atoms with Gasteiger partial charge in [0.15, 0.2) is 6.61 Å². The normalized spacial score (nSPS) is 10.4. The van der Waals surface area contributed by atoms with Gasteiger partial charge in [0.1, 0.15) is 42.3 Å². The van der Waals surface area contributed by atoms with Crippen LogP contribution in [0.5, 0.6) is 23.0 Å². The summed E-state index contributed by atoms with van der Waals surface area (Å²) in [6, 6.07) is 23.8. The second kappa shape index (κ2) is 10.6. The molecule has 1 N–H and O–H groups in total. The molecule has 1 aromatic heterocycles. The summed E-state index contributed by atoms with van der Waals surface area (Å²) in [6.45, 7) is 0.906. The van der Waals surface area contributed by atoms with Gasteiger partial charge in [-0.1, -0.05) is 24.3 Å². The lowest BCUT2D eigenvalue weighted by molar-refractivity contribution is -0.118. The fourth-order valence-electron chi connectivity index (χ4n) is 2.84. The lowest BCUT2D eigenvalue weighted by Gasteiger charge is -2.10. The number of carbonyl (C=O) groups is 1. The van der Waals surface area contributed by atoms with Crippen LogP contribution in [0.1, 0.15) is 0 Å². The van der Waals surface area contributed by atoms with Gasteiger partial charge in [0.2, 0.25) is 0 Å². The molecule has 0 saturated heterocycles. The Morgan fingerprint density at radius 1 is 0.844 bits per heavy atom. The summed E-state index contributed by atoms with van der Waals surface area (Å²) in [5.41, 5.74) is 0.628. The van der Waals surface area contributed by atoms with Gasteiger partial charge < -0.3 is 19.5 Å². The van der Waals surface area contributed by atoms with Crippen LogP contribution in [0.4, 0.5) is 5.69 Å². The fourth-order valence-corrected chi connectivity index (χ4v) is 2.84. The molecule has 0 spiro atoms. The highest BCUT2D eigenvalue weighted by Gasteiger charge is 2.06. The molecule has 4 rings (SSSR count). The zero-order chi connectivity index (χ0) is 22.0. The maximum atomic E-state index is 12.3. The van der Waals surface area contributed by atoms with E-state index < -0.39 is 0 Å². The Balaban J connectivity index is 1.22. The lowest BCUT2D eigenvalue weighted by Crippen LogP contribution is -2.20. The Morgan fingerprint density at radius 3 is 2.38 bits per heavy atom. The van der Waals surface area contributed by atoms with E-state index in [4.69, 9.17) is 14.2 Å². The molecule has 0 atom stereocenters. The van der Waals surface area contributed by atoms with Crippen molar-refractivity contribution in [2.45, 2.75) is 6.54 Å². The predicted octanol–water partition coefficient (Wildman–Crippen LogP) is 4.17. The van der Waals surface area contributed by atoms with Crippen LogP contribution >= 0.6 is 0 Å². The number of hydrogen-bond donors (Lipinski definition) is 1. The molecular formula is C24H22N4O4. The first-order chi connectivity index (χ1) is 15.7. The number of para-hydroxylation sites is 1. The van der Waals surface area contributed by atoms with Crippen molar-refractivity contribution >= 4 is 11.6 Å². The summed E-state index contributed by atoms with van der Waals surface area (Å²) < 4.78 is 18.7. The van der Waals surface area contributed by atoms with Crippen molar-refractivity contribution in [1.29, 1.82) is 0 Å². The molecule has 4 aromatic rings. The molecule has 0 bridgehead atoms. The standard InChI is InChI=1S/C24H22N4O4/c29-24(16-31-20-9-11-22(12-10-20)32-21-6-2-1-3-7-21)27-19-5-4-8-23(15-19)30-14-13-28-18-25-17-26-28/h1-12,15,17-18H,13-14,16H2,(H,27,29). The quantitative estimate of drug-likeness (QED) is 0.406. The molecule has 162 valence electrons. The second-order valence-corrected chi connectivity index (χ2v) is 6.76. The summed E-state index contributed by atoms with van der Waals surface area (Å²) >= 11 is 0. The van der Waals surface area contributed by atoms with Gasteiger partial charge in [-0.05, 0) is 48.5 Å². The minimum atomic E-state index is -0.269. The van der Waals surface area contributed by atoms with Gasteiger partial charge >= 0.3 is 0 Å². The maximum Gasteiger partial charge on any atom is 0.262 e. The van der Waals surface area contributed by atoms with Crippen LogP contribution in [-0.4, -0.2) is 33.9 Å². The van der Waals surface area contributed by atoms with Crippen molar-refractivity contribution in [1.82, 2.24) is 14.8 Å². The van der Waals surface area contributed by atoms with Crippen molar-refractivity contribution in [2.75, 3.05) is 18.5 Å². The lowest BCUT2D eigenvalue weighted by atomic mass is 10.3. The first-order valence-corrected chi connectivity index (χ1v) is 10.1. The monoisotopic (exact) mass is 430 g/mol. The summed E-state index contributed by atoms with van der Waals surface area (Å²) in [4.78, 5) is 16.1. The molecule has 3 aromatic carbocycles. The van der Waals surface area contributed by atoms with Gasteiger partial charge in [-0.3, -0.25) is 4.79 Å². The fraction of sp³-hybridized carbons (Fsp3) is 0.125. The van der Waals surface area contributed by atoms with Crippen LogP contribution in [0.2, 0.25) is 0 Å². The smallest absolute Gasteiger partial charge is 0.262 e. The summed E-state index contributed by atoms with van der Waals surface area (Å²) in [6.07, 6.45) is 3.11. The number of carbonyl (C=O) groups excluding carboxylic acids is 1. The van der Waals surface area contributed by atoms with Gasteiger partial charge in [-0.15, -0.1) is 0 Å². The zero-order valence-electron chi connectivity index (χ0n) is 17.3. The third-order valence-corrected chi connectivity index (χ3v) is 4.35. The highest BCUT2D eigenvalue weighted by molar-refractivity contribution is 5.92. The van der Waals surface area contributed by atoms with Crippen molar-refractivity contribution in [2.24, 2.45) is 0 Å². The Morgan fingerprint density at radius 2 is 1.59 bits per heavy atom. The predicted molar refractivity (Wildman–Crippen MR) is 119 cm³/mol. The molecule has 8 heteroatoms. The molecule has 0 saturated carbocycles. The maximum absolute atomic E-state index is 12.3. The molecule has 0 unspecified atom stereocenters. The van der Waals surface area contributed by atoms with E-state index in [1.807, 2.05) is 42.5 Å². The van der Waals surface area contributed by atoms with Crippen LogP contribution in [0.15, 0.2) is 91.5 Å². The van der Waals surface area contributed by atoms with Crippen LogP contribution in [0.3, 0.4) is 0 Å². The first kappa shape index (κ1) is 20.9. The van der Waals surface area contributed by atoms with Crippen LogP contribution in [0.25, 0.3) is 0 Å². The number of benzene rings is 3. The summed E-state index contributed by atoms with van der Waals surface area (Å²) in [7, 11) is 0. The third kappa shape index (κ3) is 6.33. The minimum absolute atomic E-state index is 0.115. The Bertz CT molecular complexity index is 1120. The average Bonchev–Trinajstić information content (AvgIpc) is 3.33. The topological polar surface area (TPSA) is 87.5 Å². The average molecular weight is 430 g/mol. The molecular weight excluding hydrogens is 408 g/mol. The number of rotatable bonds is 10. The molecule has 8 nitrogen and oxygen atoms in total. The van der Waals surface area contributed by atoms with Gasteiger partial charge in [-0.2, -0.15) is 5.10 Å². The minimum Gasteiger partial charge on any atom is -0.492 e. The highest BCUT2D eigenvalue weighted by Crippen LogP contribution is 2.23. The van der Waals surface area contributed by atoms with Crippen molar-refractivity contribution in [3.63, 3.8) is 0 Å². The van der Waals surface area contributed by atoms with E-state index in [9.17, 15) is 4.79 Å². The van der Waals surface area contributed by atoms with Gasteiger partial charge in [0, 0.05) is 11.8 Å². The summed E-state index contributed by atoms with van der Waals surface area (Å²) in [5, 5.41) is 6.83. The van der Waals surface area contributed by atoms with E-state index in [2.05, 4.69) is 15.4 Å². The number of nitrogens with one attached hydrogen (secondary N) is 1. The number of ether oxygens (including phenoxy) is 3. The molecule has 32 heavy (non-hydrogen) atoms. The molecule has 0 aliphatic heterocycles. The van der Waals surface area contributed by atoms with Crippen molar-refractivity contribution in [3.8, 4) is 23.0 Å². The SMILES string of the molecule is O=C(COc1ccc(Oc2ccccc2)cc1)Nc1cccc(OCCn2cncn2)c1. The van der Waals surface area contributed by atoms with Crippen molar-refractivity contribution < 1.29 is 19.0 Å². The molecule has 0 fully saturated rings. The first-order valence-electron chi connectivity index (χ1n) is 10.1. The van der Waals surface area contributed by atoms with Gasteiger partial charge in [0.25, 0.3) is 5.91 Å². The second-order valence-electron chi connectivity index (χ2n) is 6.76. The number of nitrogens with zero attached hydrogens (tertiary/aromatic N) is 3. The molecule has 1 heterocycles. The molecule has 0 aliphatic carbocycles. The molecule has 1 amide bonds. The number of hydrogen-bond acceptors (Lipinski definition) is 6. The van der Waals surface area contributed by atoms with Crippen molar-refractivity contribution in [3.05, 3.63) is 91.5 Å². The summed E-state index contributed by atoms with van der Waals surface area (Å²) in [5.74, 6) is 2.40. The van der Waals surface area contributed by atoms with E-state index >= 15 is 0 Å². The van der Waals surface area contributed by atoms with Crippen LogP contribution in [-0.2, 0) is 11.3 Å².